The van der Waals surface area contributed by atoms with Crippen LogP contribution in [0.1, 0.15) is 25.6 Å². The molecular formula is C17H21FN6O2S. The minimum absolute atomic E-state index is 0.00976. The predicted octanol–water partition coefficient (Wildman–Crippen LogP) is 2.00. The minimum Gasteiger partial charge on any atom is -0.369 e. The highest BCUT2D eigenvalue weighted by Crippen LogP contribution is 2.10. The van der Waals surface area contributed by atoms with Crippen molar-refractivity contribution in [2.45, 2.75) is 31.1 Å². The minimum atomic E-state index is -3.71. The maximum absolute atomic E-state index is 12.9. The smallest absolute Gasteiger partial charge is 0.240 e. The Morgan fingerprint density at radius 2 is 1.85 bits per heavy atom. The van der Waals surface area contributed by atoms with Gasteiger partial charge in [0.1, 0.15) is 11.6 Å². The Hall–Kier alpha value is -2.59. The molecule has 0 saturated heterocycles. The first-order chi connectivity index (χ1) is 13.0. The number of rotatable bonds is 9. The molecule has 3 aromatic rings. The summed E-state index contributed by atoms with van der Waals surface area (Å²) in [5.41, 5.74) is 0.590. The third kappa shape index (κ3) is 4.77. The van der Waals surface area contributed by atoms with Crippen molar-refractivity contribution < 1.29 is 12.8 Å². The van der Waals surface area contributed by atoms with Crippen LogP contribution in [0.3, 0.4) is 0 Å². The molecule has 0 aliphatic heterocycles. The van der Waals surface area contributed by atoms with Crippen LogP contribution in [0.2, 0.25) is 0 Å². The van der Waals surface area contributed by atoms with E-state index in [0.717, 1.165) is 31.5 Å². The number of unbranched alkanes of at least 4 members (excludes halogenated alkanes) is 1. The number of hydrogen-bond donors (Lipinski definition) is 2. The SMILES string of the molecule is CCCCNc1ccc2nnc(CCNS(=O)(=O)c3ccc(F)cc3)n2n1. The molecule has 0 atom stereocenters. The molecule has 0 amide bonds. The third-order valence-corrected chi connectivity index (χ3v) is 5.41. The lowest BCUT2D eigenvalue weighted by Gasteiger charge is -2.07. The van der Waals surface area contributed by atoms with E-state index in [0.29, 0.717) is 23.7 Å². The summed E-state index contributed by atoms with van der Waals surface area (Å²) in [6.07, 6.45) is 2.44. The number of aromatic nitrogens is 4. The normalized spacial score (nSPS) is 11.8. The summed E-state index contributed by atoms with van der Waals surface area (Å²) in [7, 11) is -3.71. The first-order valence-corrected chi connectivity index (χ1v) is 10.2. The van der Waals surface area contributed by atoms with Crippen LogP contribution in [0.4, 0.5) is 10.2 Å². The average Bonchev–Trinajstić information content (AvgIpc) is 3.05. The standard InChI is InChI=1S/C17H21FN6O2S/c1-2-3-11-19-15-8-9-16-21-22-17(24(16)23-15)10-12-20-27(25,26)14-6-4-13(18)5-7-14/h4-9,20H,2-3,10-12H2,1H3,(H,19,23). The number of sulfonamides is 1. The van der Waals surface area contributed by atoms with E-state index >= 15 is 0 Å². The van der Waals surface area contributed by atoms with Crippen molar-refractivity contribution in [2.75, 3.05) is 18.4 Å². The lowest BCUT2D eigenvalue weighted by atomic mass is 10.3. The van der Waals surface area contributed by atoms with Gasteiger partial charge in [-0.1, -0.05) is 13.3 Å². The van der Waals surface area contributed by atoms with Crippen molar-refractivity contribution in [2.24, 2.45) is 0 Å². The molecular weight excluding hydrogens is 371 g/mol. The van der Waals surface area contributed by atoms with Gasteiger partial charge >= 0.3 is 0 Å². The lowest BCUT2D eigenvalue weighted by molar-refractivity contribution is 0.579. The Balaban J connectivity index is 1.66. The summed E-state index contributed by atoms with van der Waals surface area (Å²) in [5.74, 6) is 0.771. The molecule has 0 spiro atoms. The van der Waals surface area contributed by atoms with Gasteiger partial charge in [0.15, 0.2) is 11.5 Å². The lowest BCUT2D eigenvalue weighted by Crippen LogP contribution is -2.26. The van der Waals surface area contributed by atoms with E-state index in [1.807, 2.05) is 6.07 Å². The topological polar surface area (TPSA) is 101 Å². The molecule has 0 radical (unpaired) electrons. The number of anilines is 1. The monoisotopic (exact) mass is 392 g/mol. The van der Waals surface area contributed by atoms with Gasteiger partial charge in [0.25, 0.3) is 0 Å². The second-order valence-electron chi connectivity index (χ2n) is 5.99. The summed E-state index contributed by atoms with van der Waals surface area (Å²) < 4.78 is 41.5. The Labute approximate surface area is 156 Å². The maximum atomic E-state index is 12.9. The Bertz CT molecular complexity index is 1000. The van der Waals surface area contributed by atoms with Gasteiger partial charge in [0.2, 0.25) is 10.0 Å². The molecule has 0 bridgehead atoms. The van der Waals surface area contributed by atoms with Crippen LogP contribution in [-0.4, -0.2) is 41.3 Å². The van der Waals surface area contributed by atoms with Crippen LogP contribution >= 0.6 is 0 Å². The van der Waals surface area contributed by atoms with Crippen LogP contribution in [0.5, 0.6) is 0 Å². The highest BCUT2D eigenvalue weighted by atomic mass is 32.2. The number of benzene rings is 1. The number of halogens is 1. The second kappa shape index (κ2) is 8.40. The summed E-state index contributed by atoms with van der Waals surface area (Å²) in [5, 5.41) is 15.8. The largest absolute Gasteiger partial charge is 0.369 e. The maximum Gasteiger partial charge on any atom is 0.240 e. The highest BCUT2D eigenvalue weighted by Gasteiger charge is 2.14. The summed E-state index contributed by atoms with van der Waals surface area (Å²) in [6, 6.07) is 8.30. The molecule has 2 N–H and O–H groups in total. The predicted molar refractivity (Wildman–Crippen MR) is 99.5 cm³/mol. The van der Waals surface area contributed by atoms with Crippen molar-refractivity contribution in [3.8, 4) is 0 Å². The summed E-state index contributed by atoms with van der Waals surface area (Å²) in [4.78, 5) is 0.00976. The van der Waals surface area contributed by atoms with Gasteiger partial charge in [0, 0.05) is 19.5 Å². The fraction of sp³-hybridized carbons (Fsp3) is 0.353. The molecule has 10 heteroatoms. The zero-order valence-corrected chi connectivity index (χ0v) is 15.7. The van der Waals surface area contributed by atoms with Crippen LogP contribution in [0, 0.1) is 5.82 Å². The Morgan fingerprint density at radius 3 is 2.59 bits per heavy atom. The summed E-state index contributed by atoms with van der Waals surface area (Å²) in [6.45, 7) is 3.06. The number of fused-ring (bicyclic) bond motifs is 1. The molecule has 0 fully saturated rings. The zero-order valence-electron chi connectivity index (χ0n) is 14.9. The molecule has 144 valence electrons. The van der Waals surface area contributed by atoms with Gasteiger partial charge in [0.05, 0.1) is 4.90 Å². The molecule has 0 aliphatic rings. The van der Waals surface area contributed by atoms with Gasteiger partial charge in [-0.25, -0.2) is 17.5 Å². The molecule has 8 nitrogen and oxygen atoms in total. The zero-order chi connectivity index (χ0) is 19.3. The second-order valence-corrected chi connectivity index (χ2v) is 7.75. The van der Waals surface area contributed by atoms with E-state index in [4.69, 9.17) is 0 Å². The number of nitrogens with zero attached hydrogens (tertiary/aromatic N) is 4. The van der Waals surface area contributed by atoms with E-state index in [9.17, 15) is 12.8 Å². The van der Waals surface area contributed by atoms with Gasteiger partial charge in [-0.15, -0.1) is 15.3 Å². The first kappa shape index (κ1) is 19.2. The molecule has 0 aliphatic carbocycles. The van der Waals surface area contributed by atoms with E-state index < -0.39 is 15.8 Å². The van der Waals surface area contributed by atoms with Crippen molar-refractivity contribution >= 4 is 21.5 Å². The molecule has 2 aromatic heterocycles. The van der Waals surface area contributed by atoms with Gasteiger partial charge in [-0.2, -0.15) is 4.52 Å². The first-order valence-electron chi connectivity index (χ1n) is 8.70. The highest BCUT2D eigenvalue weighted by molar-refractivity contribution is 7.89. The third-order valence-electron chi connectivity index (χ3n) is 3.93. The quantitative estimate of drug-likeness (QED) is 0.540. The van der Waals surface area contributed by atoms with Gasteiger partial charge in [-0.3, -0.25) is 0 Å². The number of hydrogen-bond acceptors (Lipinski definition) is 6. The molecule has 1 aromatic carbocycles. The van der Waals surface area contributed by atoms with Crippen molar-refractivity contribution in [3.05, 3.63) is 48.0 Å². The average molecular weight is 392 g/mol. The van der Waals surface area contributed by atoms with Gasteiger partial charge in [-0.05, 0) is 42.8 Å². The van der Waals surface area contributed by atoms with Crippen LogP contribution in [-0.2, 0) is 16.4 Å². The molecule has 27 heavy (non-hydrogen) atoms. The van der Waals surface area contributed by atoms with E-state index in [1.54, 1.807) is 10.6 Å². The molecule has 2 heterocycles. The molecule has 0 unspecified atom stereocenters. The number of nitrogens with one attached hydrogen (secondary N) is 2. The van der Waals surface area contributed by atoms with Crippen molar-refractivity contribution in [3.63, 3.8) is 0 Å². The van der Waals surface area contributed by atoms with Crippen molar-refractivity contribution in [1.29, 1.82) is 0 Å². The van der Waals surface area contributed by atoms with E-state index in [1.165, 1.54) is 12.1 Å². The van der Waals surface area contributed by atoms with Gasteiger partial charge < -0.3 is 5.32 Å². The van der Waals surface area contributed by atoms with Crippen LogP contribution < -0.4 is 10.0 Å². The summed E-state index contributed by atoms with van der Waals surface area (Å²) >= 11 is 0. The van der Waals surface area contributed by atoms with Crippen molar-refractivity contribution in [1.82, 2.24) is 24.5 Å². The molecule has 0 saturated carbocycles. The molecule has 3 rings (SSSR count). The van der Waals surface area contributed by atoms with Crippen LogP contribution in [0.25, 0.3) is 5.65 Å². The fourth-order valence-corrected chi connectivity index (χ4v) is 3.50. The van der Waals surface area contributed by atoms with E-state index in [-0.39, 0.29) is 11.4 Å². The Morgan fingerprint density at radius 1 is 1.07 bits per heavy atom. The Kier molecular flexibility index (Phi) is 5.97. The van der Waals surface area contributed by atoms with E-state index in [2.05, 4.69) is 32.3 Å². The fourth-order valence-electron chi connectivity index (χ4n) is 2.47. The van der Waals surface area contributed by atoms with Crippen LogP contribution in [0.15, 0.2) is 41.3 Å².